The van der Waals surface area contributed by atoms with Crippen molar-refractivity contribution in [1.29, 1.82) is 0 Å². The van der Waals surface area contributed by atoms with Crippen molar-refractivity contribution in [2.75, 3.05) is 7.11 Å². The number of carbonyl (C=O) groups is 1. The van der Waals surface area contributed by atoms with Gasteiger partial charge in [-0.2, -0.15) is 0 Å². The first-order chi connectivity index (χ1) is 9.19. The molecular formula is C16H13NO2. The Bertz CT molecular complexity index is 793. The lowest BCUT2D eigenvalue weighted by molar-refractivity contribution is 0.0602. The van der Waals surface area contributed by atoms with Gasteiger partial charge in [0.25, 0.3) is 0 Å². The zero-order valence-electron chi connectivity index (χ0n) is 10.8. The molecule has 0 aliphatic carbocycles. The quantitative estimate of drug-likeness (QED) is 0.491. The summed E-state index contributed by atoms with van der Waals surface area (Å²) in [6.45, 7) is 1.96. The van der Waals surface area contributed by atoms with Crippen molar-refractivity contribution >= 4 is 27.8 Å². The molecule has 3 heteroatoms. The minimum absolute atomic E-state index is 0.350. The van der Waals surface area contributed by atoms with Gasteiger partial charge in [-0.1, -0.05) is 18.2 Å². The Morgan fingerprint density at radius 2 is 1.89 bits per heavy atom. The second-order valence-corrected chi connectivity index (χ2v) is 4.56. The number of ether oxygens (including phenoxy) is 1. The first-order valence-electron chi connectivity index (χ1n) is 6.07. The van der Waals surface area contributed by atoms with Crippen LogP contribution in [0.5, 0.6) is 0 Å². The number of rotatable bonds is 1. The average Bonchev–Trinajstić information content (AvgIpc) is 2.43. The maximum absolute atomic E-state index is 11.9. The molecule has 19 heavy (non-hydrogen) atoms. The molecule has 94 valence electrons. The zero-order valence-corrected chi connectivity index (χ0v) is 10.8. The molecule has 0 spiro atoms. The van der Waals surface area contributed by atoms with Crippen LogP contribution in [0.3, 0.4) is 0 Å². The van der Waals surface area contributed by atoms with Crippen LogP contribution in [0, 0.1) is 6.92 Å². The normalized spacial score (nSPS) is 10.8. The molecule has 0 fully saturated rings. The van der Waals surface area contributed by atoms with Gasteiger partial charge < -0.3 is 4.74 Å². The molecule has 1 heterocycles. The van der Waals surface area contributed by atoms with E-state index in [1.807, 2.05) is 43.3 Å². The zero-order chi connectivity index (χ0) is 13.4. The van der Waals surface area contributed by atoms with Gasteiger partial charge in [0.15, 0.2) is 0 Å². The maximum atomic E-state index is 11.9. The van der Waals surface area contributed by atoms with Gasteiger partial charge >= 0.3 is 5.97 Å². The van der Waals surface area contributed by atoms with Crippen molar-refractivity contribution in [3.63, 3.8) is 0 Å². The number of methoxy groups -OCH3 is 1. The fraction of sp³-hybridized carbons (Fsp3) is 0.125. The highest BCUT2D eigenvalue weighted by atomic mass is 16.5. The fourth-order valence-corrected chi connectivity index (χ4v) is 2.31. The number of carbonyl (C=O) groups excluding carboxylic acids is 1. The van der Waals surface area contributed by atoms with Crippen LogP contribution in [-0.4, -0.2) is 18.1 Å². The van der Waals surface area contributed by atoms with Crippen LogP contribution in [0.15, 0.2) is 42.5 Å². The van der Waals surface area contributed by atoms with E-state index in [0.717, 1.165) is 21.9 Å². The molecule has 2 aromatic carbocycles. The predicted molar refractivity (Wildman–Crippen MR) is 75.3 cm³/mol. The summed E-state index contributed by atoms with van der Waals surface area (Å²) in [6.07, 6.45) is 0. The number of aromatic nitrogens is 1. The van der Waals surface area contributed by atoms with Gasteiger partial charge in [-0.25, -0.2) is 9.78 Å². The van der Waals surface area contributed by atoms with E-state index in [1.54, 1.807) is 0 Å². The Morgan fingerprint density at radius 3 is 2.68 bits per heavy atom. The van der Waals surface area contributed by atoms with E-state index in [2.05, 4.69) is 11.1 Å². The van der Waals surface area contributed by atoms with Gasteiger partial charge in [0.05, 0.1) is 23.7 Å². The van der Waals surface area contributed by atoms with Crippen LogP contribution in [0.4, 0.5) is 0 Å². The van der Waals surface area contributed by atoms with Gasteiger partial charge in [-0.05, 0) is 36.8 Å². The number of hydrogen-bond donors (Lipinski definition) is 0. The Hall–Kier alpha value is -2.42. The highest BCUT2D eigenvalue weighted by Gasteiger charge is 2.13. The third-order valence-electron chi connectivity index (χ3n) is 3.17. The number of aryl methyl sites for hydroxylation is 1. The van der Waals surface area contributed by atoms with Gasteiger partial charge in [-0.15, -0.1) is 0 Å². The third-order valence-corrected chi connectivity index (χ3v) is 3.17. The number of hydrogen-bond acceptors (Lipinski definition) is 3. The summed E-state index contributed by atoms with van der Waals surface area (Å²) in [5.74, 6) is -0.350. The molecule has 0 saturated heterocycles. The van der Waals surface area contributed by atoms with Crippen molar-refractivity contribution in [3.05, 3.63) is 53.6 Å². The molecule has 0 atom stereocenters. The van der Waals surface area contributed by atoms with Crippen molar-refractivity contribution in [1.82, 2.24) is 4.98 Å². The minimum atomic E-state index is -0.350. The van der Waals surface area contributed by atoms with Crippen molar-refractivity contribution in [2.24, 2.45) is 0 Å². The molecule has 0 unspecified atom stereocenters. The Balaban J connectivity index is 2.43. The van der Waals surface area contributed by atoms with Gasteiger partial charge in [0.2, 0.25) is 0 Å². The number of nitrogens with zero attached hydrogens (tertiary/aromatic N) is 1. The molecule has 0 amide bonds. The number of pyridine rings is 1. The van der Waals surface area contributed by atoms with Gasteiger partial charge in [0.1, 0.15) is 0 Å². The largest absolute Gasteiger partial charge is 0.465 e. The average molecular weight is 251 g/mol. The first-order valence-corrected chi connectivity index (χ1v) is 6.07. The Labute approximate surface area is 110 Å². The second kappa shape index (κ2) is 4.35. The molecule has 0 aliphatic heterocycles. The van der Waals surface area contributed by atoms with Crippen LogP contribution in [0.25, 0.3) is 21.8 Å². The molecular weight excluding hydrogens is 238 g/mol. The topological polar surface area (TPSA) is 39.2 Å². The first kappa shape index (κ1) is 11.7. The van der Waals surface area contributed by atoms with E-state index in [0.29, 0.717) is 11.1 Å². The summed E-state index contributed by atoms with van der Waals surface area (Å²) in [5.41, 5.74) is 3.10. The lowest BCUT2D eigenvalue weighted by Gasteiger charge is -2.07. The number of benzene rings is 2. The van der Waals surface area contributed by atoms with E-state index in [9.17, 15) is 4.79 Å². The van der Waals surface area contributed by atoms with Crippen molar-refractivity contribution in [2.45, 2.75) is 6.92 Å². The molecule has 1 aromatic heterocycles. The molecule has 3 aromatic rings. The predicted octanol–water partition coefficient (Wildman–Crippen LogP) is 3.48. The summed E-state index contributed by atoms with van der Waals surface area (Å²) in [4.78, 5) is 16.4. The second-order valence-electron chi connectivity index (χ2n) is 4.56. The standard InChI is InChI=1S/C16H13NO2/c1-10-7-12-9-11-5-3-4-6-14(11)17-15(12)13(8-10)16(18)19-2/h3-9H,1-2H3. The monoisotopic (exact) mass is 251 g/mol. The molecule has 0 aliphatic rings. The SMILES string of the molecule is COC(=O)c1cc(C)cc2cc3ccccc3nc12. The highest BCUT2D eigenvalue weighted by Crippen LogP contribution is 2.24. The van der Waals surface area contributed by atoms with Crippen LogP contribution in [-0.2, 0) is 4.74 Å². The molecule has 0 bridgehead atoms. The van der Waals surface area contributed by atoms with E-state index < -0.39 is 0 Å². The molecule has 3 nitrogen and oxygen atoms in total. The highest BCUT2D eigenvalue weighted by molar-refractivity contribution is 6.05. The Kier molecular flexibility index (Phi) is 2.67. The summed E-state index contributed by atoms with van der Waals surface area (Å²) in [6, 6.07) is 13.8. The summed E-state index contributed by atoms with van der Waals surface area (Å²) >= 11 is 0. The van der Waals surface area contributed by atoms with Gasteiger partial charge in [-0.3, -0.25) is 0 Å². The number of para-hydroxylation sites is 1. The summed E-state index contributed by atoms with van der Waals surface area (Å²) in [7, 11) is 1.39. The molecule has 0 saturated carbocycles. The van der Waals surface area contributed by atoms with E-state index >= 15 is 0 Å². The number of esters is 1. The lowest BCUT2D eigenvalue weighted by atomic mass is 10.0. The Morgan fingerprint density at radius 1 is 1.11 bits per heavy atom. The van der Waals surface area contributed by atoms with Crippen LogP contribution < -0.4 is 0 Å². The smallest absolute Gasteiger partial charge is 0.340 e. The van der Waals surface area contributed by atoms with E-state index in [-0.39, 0.29) is 5.97 Å². The molecule has 0 radical (unpaired) electrons. The molecule has 3 rings (SSSR count). The lowest BCUT2D eigenvalue weighted by Crippen LogP contribution is -2.03. The molecule has 0 N–H and O–H groups in total. The van der Waals surface area contributed by atoms with E-state index in [4.69, 9.17) is 4.74 Å². The summed E-state index contributed by atoms with van der Waals surface area (Å²) < 4.78 is 4.83. The van der Waals surface area contributed by atoms with Crippen LogP contribution >= 0.6 is 0 Å². The fourth-order valence-electron chi connectivity index (χ4n) is 2.31. The van der Waals surface area contributed by atoms with Crippen LogP contribution in [0.2, 0.25) is 0 Å². The number of fused-ring (bicyclic) bond motifs is 2. The van der Waals surface area contributed by atoms with Crippen LogP contribution in [0.1, 0.15) is 15.9 Å². The minimum Gasteiger partial charge on any atom is -0.465 e. The maximum Gasteiger partial charge on any atom is 0.340 e. The van der Waals surface area contributed by atoms with Crippen molar-refractivity contribution in [3.8, 4) is 0 Å². The summed E-state index contributed by atoms with van der Waals surface area (Å²) in [5, 5.41) is 2.02. The third kappa shape index (κ3) is 1.93. The van der Waals surface area contributed by atoms with E-state index in [1.165, 1.54) is 7.11 Å². The van der Waals surface area contributed by atoms with Gasteiger partial charge in [0, 0.05) is 10.8 Å². The van der Waals surface area contributed by atoms with Crippen molar-refractivity contribution < 1.29 is 9.53 Å².